The zero-order valence-corrected chi connectivity index (χ0v) is 13.7. The monoisotopic (exact) mass is 298 g/mol. The molecule has 0 aliphatic heterocycles. The first-order chi connectivity index (χ1) is 11.4. The van der Waals surface area contributed by atoms with E-state index in [-0.39, 0.29) is 0 Å². The predicted octanol–water partition coefficient (Wildman–Crippen LogP) is 6.88. The maximum atomic E-state index is 2.39. The summed E-state index contributed by atoms with van der Waals surface area (Å²) in [7, 11) is 0. The van der Waals surface area contributed by atoms with Crippen molar-refractivity contribution in [2.45, 2.75) is 32.6 Å². The molecular weight excluding hydrogens is 276 g/mol. The van der Waals surface area contributed by atoms with Crippen LogP contribution >= 0.6 is 0 Å². The molecule has 0 saturated heterocycles. The molecule has 0 bridgehead atoms. The van der Waals surface area contributed by atoms with E-state index in [2.05, 4.69) is 73.7 Å². The average molecular weight is 298 g/mol. The van der Waals surface area contributed by atoms with E-state index in [1.54, 1.807) is 0 Å². The normalized spacial score (nSPS) is 11.5. The highest BCUT2D eigenvalue weighted by Crippen LogP contribution is 2.31. The molecule has 23 heavy (non-hydrogen) atoms. The Morgan fingerprint density at radius 1 is 0.609 bits per heavy atom. The minimum absolute atomic E-state index is 1.18. The van der Waals surface area contributed by atoms with Gasteiger partial charge in [-0.3, -0.25) is 0 Å². The quantitative estimate of drug-likeness (QED) is 0.219. The molecule has 0 aliphatic carbocycles. The maximum absolute atomic E-state index is 2.39. The van der Waals surface area contributed by atoms with Crippen molar-refractivity contribution >= 4 is 32.3 Å². The largest absolute Gasteiger partial charge is 0.0654 e. The highest BCUT2D eigenvalue weighted by molar-refractivity contribution is 6.12. The zero-order chi connectivity index (χ0) is 15.6. The van der Waals surface area contributed by atoms with Crippen LogP contribution in [-0.2, 0) is 6.42 Å². The summed E-state index contributed by atoms with van der Waals surface area (Å²) < 4.78 is 0. The first-order valence-electron chi connectivity index (χ1n) is 8.70. The molecule has 4 rings (SSSR count). The molecule has 0 fully saturated rings. The van der Waals surface area contributed by atoms with Gasteiger partial charge in [-0.05, 0) is 62.9 Å². The smallest absolute Gasteiger partial charge is 0.00990 e. The first-order valence-corrected chi connectivity index (χ1v) is 8.70. The third-order valence-electron chi connectivity index (χ3n) is 4.88. The number of hydrogen-bond acceptors (Lipinski definition) is 0. The molecule has 0 heteroatoms. The van der Waals surface area contributed by atoms with Gasteiger partial charge in [0.25, 0.3) is 0 Å². The summed E-state index contributed by atoms with van der Waals surface area (Å²) in [6.45, 7) is 2.27. The van der Waals surface area contributed by atoms with Crippen LogP contribution in [0.1, 0.15) is 31.7 Å². The van der Waals surface area contributed by atoms with Gasteiger partial charge < -0.3 is 0 Å². The Hall–Kier alpha value is -2.34. The van der Waals surface area contributed by atoms with Crippen molar-refractivity contribution in [2.75, 3.05) is 0 Å². The van der Waals surface area contributed by atoms with Crippen LogP contribution < -0.4 is 0 Å². The van der Waals surface area contributed by atoms with Crippen LogP contribution in [0.15, 0.2) is 66.7 Å². The van der Waals surface area contributed by atoms with Crippen molar-refractivity contribution in [1.82, 2.24) is 0 Å². The number of fused-ring (bicyclic) bond motifs is 4. The predicted molar refractivity (Wildman–Crippen MR) is 102 cm³/mol. The number of unbranched alkanes of at least 4 members (excludes halogenated alkanes) is 2. The molecular formula is C23H22. The fourth-order valence-corrected chi connectivity index (χ4v) is 3.63. The lowest BCUT2D eigenvalue weighted by molar-refractivity contribution is 0.720. The van der Waals surface area contributed by atoms with E-state index in [1.807, 2.05) is 0 Å². The van der Waals surface area contributed by atoms with Gasteiger partial charge in [-0.1, -0.05) is 74.4 Å². The van der Waals surface area contributed by atoms with Gasteiger partial charge in [-0.2, -0.15) is 0 Å². The highest BCUT2D eigenvalue weighted by atomic mass is 14.1. The van der Waals surface area contributed by atoms with E-state index in [4.69, 9.17) is 0 Å². The van der Waals surface area contributed by atoms with Crippen molar-refractivity contribution in [1.29, 1.82) is 0 Å². The summed E-state index contributed by atoms with van der Waals surface area (Å²) in [4.78, 5) is 0. The zero-order valence-electron chi connectivity index (χ0n) is 13.7. The summed E-state index contributed by atoms with van der Waals surface area (Å²) >= 11 is 0. The van der Waals surface area contributed by atoms with Crippen LogP contribution in [0.5, 0.6) is 0 Å². The van der Waals surface area contributed by atoms with Crippen molar-refractivity contribution < 1.29 is 0 Å². The van der Waals surface area contributed by atoms with Crippen LogP contribution in [0.25, 0.3) is 32.3 Å². The lowest BCUT2D eigenvalue weighted by Crippen LogP contribution is -1.88. The summed E-state index contributed by atoms with van der Waals surface area (Å²) in [5.41, 5.74) is 1.49. The maximum Gasteiger partial charge on any atom is -0.00990 e. The molecule has 0 nitrogen and oxygen atoms in total. The molecule has 0 heterocycles. The van der Waals surface area contributed by atoms with E-state index in [9.17, 15) is 0 Å². The third-order valence-corrected chi connectivity index (χ3v) is 4.88. The Morgan fingerprint density at radius 3 is 2.26 bits per heavy atom. The van der Waals surface area contributed by atoms with Gasteiger partial charge in [-0.15, -0.1) is 0 Å². The van der Waals surface area contributed by atoms with E-state index < -0.39 is 0 Å². The fourth-order valence-electron chi connectivity index (χ4n) is 3.63. The Labute approximate surface area is 137 Å². The first kappa shape index (κ1) is 14.3. The van der Waals surface area contributed by atoms with Crippen molar-refractivity contribution in [3.05, 3.63) is 72.3 Å². The lowest BCUT2D eigenvalue weighted by Gasteiger charge is -2.10. The van der Waals surface area contributed by atoms with Crippen LogP contribution in [0.2, 0.25) is 0 Å². The van der Waals surface area contributed by atoms with Gasteiger partial charge in [0.05, 0.1) is 0 Å². The molecule has 4 aromatic carbocycles. The minimum atomic E-state index is 1.18. The molecule has 0 radical (unpaired) electrons. The second-order valence-corrected chi connectivity index (χ2v) is 6.46. The summed E-state index contributed by atoms with van der Waals surface area (Å²) in [6.07, 6.45) is 5.06. The number of aryl methyl sites for hydroxylation is 1. The van der Waals surface area contributed by atoms with E-state index >= 15 is 0 Å². The molecule has 4 aromatic rings. The molecule has 0 aromatic heterocycles. The second-order valence-electron chi connectivity index (χ2n) is 6.46. The molecule has 114 valence electrons. The van der Waals surface area contributed by atoms with Crippen LogP contribution in [-0.4, -0.2) is 0 Å². The SMILES string of the molecule is CCCCCc1cccc2cc3c(ccc4ccccc43)cc12. The number of hydrogen-bond donors (Lipinski definition) is 0. The Bertz CT molecular complexity index is 979. The van der Waals surface area contributed by atoms with Crippen molar-refractivity contribution in [3.63, 3.8) is 0 Å². The molecule has 0 aliphatic rings. The summed E-state index contributed by atoms with van der Waals surface area (Å²) in [5, 5.41) is 8.16. The summed E-state index contributed by atoms with van der Waals surface area (Å²) in [5.74, 6) is 0. The third kappa shape index (κ3) is 2.59. The van der Waals surface area contributed by atoms with Crippen molar-refractivity contribution in [3.8, 4) is 0 Å². The molecule has 0 saturated carbocycles. The van der Waals surface area contributed by atoms with Gasteiger partial charge in [0.15, 0.2) is 0 Å². The van der Waals surface area contributed by atoms with Crippen LogP contribution in [0.4, 0.5) is 0 Å². The van der Waals surface area contributed by atoms with Gasteiger partial charge in [0.2, 0.25) is 0 Å². The Kier molecular flexibility index (Phi) is 3.75. The average Bonchev–Trinajstić information content (AvgIpc) is 2.60. The van der Waals surface area contributed by atoms with Gasteiger partial charge in [-0.25, -0.2) is 0 Å². The van der Waals surface area contributed by atoms with Gasteiger partial charge in [0, 0.05) is 0 Å². The Balaban J connectivity index is 1.93. The number of rotatable bonds is 4. The molecule has 0 atom stereocenters. The minimum Gasteiger partial charge on any atom is -0.0654 e. The van der Waals surface area contributed by atoms with Gasteiger partial charge >= 0.3 is 0 Å². The van der Waals surface area contributed by atoms with Crippen LogP contribution in [0, 0.1) is 0 Å². The molecule has 0 N–H and O–H groups in total. The molecule has 0 amide bonds. The van der Waals surface area contributed by atoms with Gasteiger partial charge in [0.1, 0.15) is 0 Å². The molecule has 0 unspecified atom stereocenters. The van der Waals surface area contributed by atoms with E-state index in [0.29, 0.717) is 0 Å². The van der Waals surface area contributed by atoms with Crippen molar-refractivity contribution in [2.24, 2.45) is 0 Å². The lowest BCUT2D eigenvalue weighted by atomic mass is 9.94. The molecule has 0 spiro atoms. The Morgan fingerprint density at radius 2 is 1.35 bits per heavy atom. The fraction of sp³-hybridized carbons (Fsp3) is 0.217. The number of benzene rings is 4. The standard InChI is InChI=1S/C23H22/c1-2-3-4-8-17-10-7-11-19-16-23-20(15-22(17)19)14-13-18-9-5-6-12-21(18)23/h5-7,9-16H,2-4,8H2,1H3. The second kappa shape index (κ2) is 6.04. The topological polar surface area (TPSA) is 0 Å². The van der Waals surface area contributed by atoms with E-state index in [0.717, 1.165) is 0 Å². The highest BCUT2D eigenvalue weighted by Gasteiger charge is 2.05. The van der Waals surface area contributed by atoms with Crippen LogP contribution in [0.3, 0.4) is 0 Å². The summed E-state index contributed by atoms with van der Waals surface area (Å²) in [6, 6.07) is 24.7. The van der Waals surface area contributed by atoms with E-state index in [1.165, 1.54) is 63.6 Å².